The number of rotatable bonds is 8. The minimum atomic E-state index is -4.42. The standard InChI is InChI=1S/C24H20ClF3N2O5/c1-33-20-9-15(12-29-30-23(32)16-5-8-19(31)18(25)11-16)10-21(34-2)22(20)35-13-14-3-6-17(7-4-14)24(26,27)28/h3-12,31H,13H2,1-2H3,(H,30,32)/b29-12+. The minimum Gasteiger partial charge on any atom is -0.506 e. The molecule has 7 nitrogen and oxygen atoms in total. The van der Waals surface area contributed by atoms with Gasteiger partial charge in [0.1, 0.15) is 12.4 Å². The number of alkyl halides is 3. The second-order valence-corrected chi connectivity index (χ2v) is 7.51. The number of phenols is 1. The van der Waals surface area contributed by atoms with Crippen molar-refractivity contribution >= 4 is 23.7 Å². The molecule has 0 heterocycles. The fourth-order valence-corrected chi connectivity index (χ4v) is 3.12. The molecule has 0 saturated heterocycles. The zero-order chi connectivity index (χ0) is 25.6. The van der Waals surface area contributed by atoms with Crippen molar-refractivity contribution in [2.45, 2.75) is 12.8 Å². The van der Waals surface area contributed by atoms with Crippen LogP contribution in [0.4, 0.5) is 13.2 Å². The van der Waals surface area contributed by atoms with Gasteiger partial charge in [0.25, 0.3) is 5.91 Å². The quantitative estimate of drug-likeness (QED) is 0.313. The van der Waals surface area contributed by atoms with Gasteiger partial charge in [0, 0.05) is 11.1 Å². The van der Waals surface area contributed by atoms with Crippen molar-refractivity contribution in [3.05, 3.63) is 81.9 Å². The van der Waals surface area contributed by atoms with E-state index < -0.39 is 17.6 Å². The van der Waals surface area contributed by atoms with Crippen LogP contribution in [0, 0.1) is 0 Å². The van der Waals surface area contributed by atoms with Crippen molar-refractivity contribution in [1.29, 1.82) is 0 Å². The molecule has 2 N–H and O–H groups in total. The highest BCUT2D eigenvalue weighted by Crippen LogP contribution is 2.39. The van der Waals surface area contributed by atoms with E-state index in [1.165, 1.54) is 50.8 Å². The number of benzene rings is 3. The third-order valence-electron chi connectivity index (χ3n) is 4.74. The Kier molecular flexibility index (Phi) is 8.08. The lowest BCUT2D eigenvalue weighted by Crippen LogP contribution is -2.17. The monoisotopic (exact) mass is 508 g/mol. The number of phenolic OH excluding ortho intramolecular Hbond substituents is 1. The molecule has 1 amide bonds. The summed E-state index contributed by atoms with van der Waals surface area (Å²) in [5, 5.41) is 13.4. The number of nitrogens with zero attached hydrogens (tertiary/aromatic N) is 1. The number of amides is 1. The summed E-state index contributed by atoms with van der Waals surface area (Å²) in [6, 6.07) is 11.8. The highest BCUT2D eigenvalue weighted by atomic mass is 35.5. The average Bonchev–Trinajstić information content (AvgIpc) is 2.83. The van der Waals surface area contributed by atoms with Gasteiger partial charge in [-0.2, -0.15) is 18.3 Å². The first-order valence-corrected chi connectivity index (χ1v) is 10.4. The van der Waals surface area contributed by atoms with Gasteiger partial charge in [-0.05, 0) is 48.0 Å². The predicted octanol–water partition coefficient (Wildman–Crippen LogP) is 5.42. The van der Waals surface area contributed by atoms with Crippen LogP contribution in [0.1, 0.15) is 27.0 Å². The summed E-state index contributed by atoms with van der Waals surface area (Å²) in [6.45, 7) is -0.0243. The smallest absolute Gasteiger partial charge is 0.416 e. The predicted molar refractivity (Wildman–Crippen MR) is 123 cm³/mol. The van der Waals surface area contributed by atoms with Crippen LogP contribution in [0.25, 0.3) is 0 Å². The molecule has 3 rings (SSSR count). The minimum absolute atomic E-state index is 0.0243. The van der Waals surface area contributed by atoms with Gasteiger partial charge in [-0.3, -0.25) is 4.79 Å². The van der Waals surface area contributed by atoms with Gasteiger partial charge in [0.05, 0.1) is 31.0 Å². The van der Waals surface area contributed by atoms with Crippen LogP contribution in [-0.2, 0) is 12.8 Å². The summed E-state index contributed by atoms with van der Waals surface area (Å²) >= 11 is 5.81. The second kappa shape index (κ2) is 11.0. The molecule has 0 saturated carbocycles. The number of ether oxygens (including phenoxy) is 3. The van der Waals surface area contributed by atoms with Crippen molar-refractivity contribution in [1.82, 2.24) is 5.43 Å². The molecular formula is C24H20ClF3N2O5. The summed E-state index contributed by atoms with van der Waals surface area (Å²) in [5.74, 6) is 0.128. The first-order valence-electron chi connectivity index (χ1n) is 9.99. The average molecular weight is 509 g/mol. The Balaban J connectivity index is 1.72. The van der Waals surface area contributed by atoms with Crippen LogP contribution in [0.3, 0.4) is 0 Å². The van der Waals surface area contributed by atoms with Crippen LogP contribution in [0.2, 0.25) is 5.02 Å². The van der Waals surface area contributed by atoms with Crippen molar-refractivity contribution in [3.8, 4) is 23.0 Å². The maximum Gasteiger partial charge on any atom is 0.416 e. The Labute approximate surface area is 203 Å². The van der Waals surface area contributed by atoms with E-state index in [1.54, 1.807) is 12.1 Å². The number of carbonyl (C=O) groups is 1. The van der Waals surface area contributed by atoms with Gasteiger partial charge in [0.2, 0.25) is 5.75 Å². The summed E-state index contributed by atoms with van der Waals surface area (Å²) in [7, 11) is 2.83. The highest BCUT2D eigenvalue weighted by Gasteiger charge is 2.30. The SMILES string of the molecule is COc1cc(/C=N/NC(=O)c2ccc(O)c(Cl)c2)cc(OC)c1OCc1ccc(C(F)(F)F)cc1. The maximum absolute atomic E-state index is 12.7. The van der Waals surface area contributed by atoms with Gasteiger partial charge >= 0.3 is 6.18 Å². The van der Waals surface area contributed by atoms with Gasteiger partial charge < -0.3 is 19.3 Å². The zero-order valence-electron chi connectivity index (χ0n) is 18.5. The second-order valence-electron chi connectivity index (χ2n) is 7.10. The lowest BCUT2D eigenvalue weighted by Gasteiger charge is -2.15. The molecule has 0 radical (unpaired) electrons. The Morgan fingerprint density at radius 3 is 2.23 bits per heavy atom. The third kappa shape index (κ3) is 6.57. The van der Waals surface area contributed by atoms with E-state index in [4.69, 9.17) is 25.8 Å². The Morgan fingerprint density at radius 1 is 1.06 bits per heavy atom. The summed E-state index contributed by atoms with van der Waals surface area (Å²) in [6.07, 6.45) is -3.07. The highest BCUT2D eigenvalue weighted by molar-refractivity contribution is 6.32. The molecule has 3 aromatic rings. The maximum atomic E-state index is 12.7. The van der Waals surface area contributed by atoms with Gasteiger partial charge in [-0.1, -0.05) is 23.7 Å². The number of methoxy groups -OCH3 is 2. The molecular weight excluding hydrogens is 489 g/mol. The summed E-state index contributed by atoms with van der Waals surface area (Å²) in [4.78, 5) is 12.2. The number of aromatic hydroxyl groups is 1. The van der Waals surface area contributed by atoms with E-state index in [2.05, 4.69) is 10.5 Å². The van der Waals surface area contributed by atoms with Crippen LogP contribution in [0.5, 0.6) is 23.0 Å². The van der Waals surface area contributed by atoms with Crippen LogP contribution >= 0.6 is 11.6 Å². The van der Waals surface area contributed by atoms with Crippen molar-refractivity contribution < 1.29 is 37.3 Å². The van der Waals surface area contributed by atoms with E-state index in [-0.39, 0.29) is 40.2 Å². The molecule has 0 aliphatic heterocycles. The molecule has 3 aromatic carbocycles. The van der Waals surface area contributed by atoms with Crippen molar-refractivity contribution in [2.24, 2.45) is 5.10 Å². The molecule has 0 aliphatic rings. The fourth-order valence-electron chi connectivity index (χ4n) is 2.94. The molecule has 184 valence electrons. The topological polar surface area (TPSA) is 89.4 Å². The molecule has 11 heteroatoms. The molecule has 0 spiro atoms. The first-order chi connectivity index (χ1) is 16.6. The summed E-state index contributed by atoms with van der Waals surface area (Å²) < 4.78 is 54.7. The number of hydrogen-bond acceptors (Lipinski definition) is 6. The van der Waals surface area contributed by atoms with Gasteiger partial charge in [-0.25, -0.2) is 5.43 Å². The van der Waals surface area contributed by atoms with E-state index >= 15 is 0 Å². The Bertz CT molecular complexity index is 1210. The Hall–Kier alpha value is -3.92. The fraction of sp³-hybridized carbons (Fsp3) is 0.167. The van der Waals surface area contributed by atoms with E-state index in [0.717, 1.165) is 12.1 Å². The molecule has 35 heavy (non-hydrogen) atoms. The molecule has 0 fully saturated rings. The lowest BCUT2D eigenvalue weighted by atomic mass is 10.1. The molecule has 0 aromatic heterocycles. The largest absolute Gasteiger partial charge is 0.506 e. The van der Waals surface area contributed by atoms with Crippen LogP contribution in [-0.4, -0.2) is 31.4 Å². The van der Waals surface area contributed by atoms with E-state index in [1.807, 2.05) is 0 Å². The zero-order valence-corrected chi connectivity index (χ0v) is 19.3. The number of nitrogens with one attached hydrogen (secondary N) is 1. The van der Waals surface area contributed by atoms with Crippen LogP contribution < -0.4 is 19.6 Å². The lowest BCUT2D eigenvalue weighted by molar-refractivity contribution is -0.137. The van der Waals surface area contributed by atoms with Gasteiger partial charge in [0.15, 0.2) is 11.5 Å². The molecule has 0 unspecified atom stereocenters. The van der Waals surface area contributed by atoms with Gasteiger partial charge in [-0.15, -0.1) is 0 Å². The number of halogens is 4. The Morgan fingerprint density at radius 2 is 1.69 bits per heavy atom. The van der Waals surface area contributed by atoms with Crippen molar-refractivity contribution in [2.75, 3.05) is 14.2 Å². The third-order valence-corrected chi connectivity index (χ3v) is 5.04. The first kappa shape index (κ1) is 25.7. The van der Waals surface area contributed by atoms with E-state index in [0.29, 0.717) is 11.1 Å². The normalized spacial score (nSPS) is 11.4. The number of hydrogen-bond donors (Lipinski definition) is 2. The molecule has 0 aliphatic carbocycles. The summed E-state index contributed by atoms with van der Waals surface area (Å²) in [5.41, 5.74) is 2.82. The van der Waals surface area contributed by atoms with Crippen LogP contribution in [0.15, 0.2) is 59.7 Å². The molecule has 0 atom stereocenters. The number of hydrazone groups is 1. The number of carbonyl (C=O) groups excluding carboxylic acids is 1. The molecule has 0 bridgehead atoms. The van der Waals surface area contributed by atoms with E-state index in [9.17, 15) is 23.1 Å². The van der Waals surface area contributed by atoms with Crippen molar-refractivity contribution in [3.63, 3.8) is 0 Å².